The lowest BCUT2D eigenvalue weighted by atomic mass is 10.0. The van der Waals surface area contributed by atoms with Gasteiger partial charge in [0.05, 0.1) is 0 Å². The van der Waals surface area contributed by atoms with Crippen molar-refractivity contribution in [2.75, 3.05) is 0 Å². The fraction of sp³-hybridized carbons (Fsp3) is 0.125. The SMILES string of the molecule is OCc1nc(-c2cccc(-c3ccc(OC(F)(F)F)cc3)c2)n[nH]1. The number of aromatic nitrogens is 3. The fourth-order valence-electron chi connectivity index (χ4n) is 2.18. The number of halogens is 3. The number of aliphatic hydroxyl groups is 1. The van der Waals surface area contributed by atoms with E-state index < -0.39 is 6.36 Å². The Morgan fingerprint density at radius 2 is 1.71 bits per heavy atom. The quantitative estimate of drug-likeness (QED) is 0.765. The van der Waals surface area contributed by atoms with Gasteiger partial charge in [-0.2, -0.15) is 5.10 Å². The van der Waals surface area contributed by atoms with Crippen molar-refractivity contribution in [3.05, 3.63) is 54.4 Å². The van der Waals surface area contributed by atoms with Crippen LogP contribution in [0.2, 0.25) is 0 Å². The smallest absolute Gasteiger partial charge is 0.406 e. The van der Waals surface area contributed by atoms with E-state index in [0.29, 0.717) is 11.6 Å². The molecule has 3 rings (SSSR count). The number of ether oxygens (including phenoxy) is 1. The molecule has 0 aliphatic heterocycles. The summed E-state index contributed by atoms with van der Waals surface area (Å²) in [6.07, 6.45) is -4.71. The first-order valence-electron chi connectivity index (χ1n) is 6.93. The van der Waals surface area contributed by atoms with Crippen molar-refractivity contribution in [1.82, 2.24) is 15.2 Å². The van der Waals surface area contributed by atoms with Gasteiger partial charge in [-0.1, -0.05) is 30.3 Å². The maximum atomic E-state index is 12.2. The number of alkyl halides is 3. The Hall–Kier alpha value is -2.87. The highest BCUT2D eigenvalue weighted by Gasteiger charge is 2.30. The molecular weight excluding hydrogens is 323 g/mol. The van der Waals surface area contributed by atoms with Gasteiger partial charge in [0, 0.05) is 5.56 Å². The van der Waals surface area contributed by atoms with Crippen molar-refractivity contribution in [2.24, 2.45) is 0 Å². The van der Waals surface area contributed by atoms with E-state index in [2.05, 4.69) is 19.9 Å². The van der Waals surface area contributed by atoms with Crippen LogP contribution in [0.25, 0.3) is 22.5 Å². The zero-order chi connectivity index (χ0) is 17.2. The van der Waals surface area contributed by atoms with Crippen LogP contribution >= 0.6 is 0 Å². The van der Waals surface area contributed by atoms with Crippen LogP contribution < -0.4 is 4.74 Å². The number of H-pyrrole nitrogens is 1. The molecule has 1 heterocycles. The molecule has 8 heteroatoms. The molecule has 0 fully saturated rings. The van der Waals surface area contributed by atoms with Gasteiger partial charge in [-0.05, 0) is 29.3 Å². The average molecular weight is 335 g/mol. The first-order chi connectivity index (χ1) is 11.4. The van der Waals surface area contributed by atoms with Gasteiger partial charge in [-0.3, -0.25) is 5.10 Å². The molecule has 1 aromatic heterocycles. The summed E-state index contributed by atoms with van der Waals surface area (Å²) in [4.78, 5) is 4.13. The molecule has 3 aromatic rings. The van der Waals surface area contributed by atoms with Crippen LogP contribution in [0, 0.1) is 0 Å². The molecule has 0 bridgehead atoms. The number of benzene rings is 2. The molecule has 0 saturated heterocycles. The summed E-state index contributed by atoms with van der Waals surface area (Å²) < 4.78 is 40.4. The van der Waals surface area contributed by atoms with Gasteiger partial charge < -0.3 is 9.84 Å². The number of nitrogens with one attached hydrogen (secondary N) is 1. The summed E-state index contributed by atoms with van der Waals surface area (Å²) in [7, 11) is 0. The molecule has 2 N–H and O–H groups in total. The van der Waals surface area contributed by atoms with Gasteiger partial charge in [0.15, 0.2) is 11.6 Å². The van der Waals surface area contributed by atoms with Gasteiger partial charge >= 0.3 is 6.36 Å². The van der Waals surface area contributed by atoms with E-state index in [4.69, 9.17) is 5.11 Å². The summed E-state index contributed by atoms with van der Waals surface area (Å²) >= 11 is 0. The lowest BCUT2D eigenvalue weighted by molar-refractivity contribution is -0.274. The average Bonchev–Trinajstić information content (AvgIpc) is 3.03. The highest BCUT2D eigenvalue weighted by molar-refractivity contribution is 5.70. The number of hydrogen-bond donors (Lipinski definition) is 2. The van der Waals surface area contributed by atoms with E-state index >= 15 is 0 Å². The summed E-state index contributed by atoms with van der Waals surface area (Å²) in [5, 5.41) is 15.6. The second kappa shape index (κ2) is 6.32. The van der Waals surface area contributed by atoms with Crippen molar-refractivity contribution in [3.63, 3.8) is 0 Å². The van der Waals surface area contributed by atoms with Crippen molar-refractivity contribution >= 4 is 0 Å². The molecule has 0 aliphatic carbocycles. The van der Waals surface area contributed by atoms with Crippen molar-refractivity contribution in [3.8, 4) is 28.3 Å². The van der Waals surface area contributed by atoms with Crippen molar-refractivity contribution < 1.29 is 23.0 Å². The third-order valence-corrected chi connectivity index (χ3v) is 3.22. The molecule has 124 valence electrons. The standard InChI is InChI=1S/C16H12F3N3O2/c17-16(18,19)24-13-6-4-10(5-7-13)11-2-1-3-12(8-11)15-20-14(9-23)21-22-15/h1-8,23H,9H2,(H,20,21,22). The van der Waals surface area contributed by atoms with E-state index in [9.17, 15) is 13.2 Å². The minimum atomic E-state index is -4.71. The predicted octanol–water partition coefficient (Wildman–Crippen LogP) is 3.53. The largest absolute Gasteiger partial charge is 0.573 e. The Balaban J connectivity index is 1.86. The van der Waals surface area contributed by atoms with E-state index in [1.165, 1.54) is 24.3 Å². The molecule has 2 aromatic carbocycles. The van der Waals surface area contributed by atoms with Gasteiger partial charge in [0.1, 0.15) is 12.4 Å². The molecule has 0 amide bonds. The number of aliphatic hydroxyl groups excluding tert-OH is 1. The minimum Gasteiger partial charge on any atom is -0.406 e. The molecule has 0 radical (unpaired) electrons. The highest BCUT2D eigenvalue weighted by atomic mass is 19.4. The van der Waals surface area contributed by atoms with E-state index in [1.807, 2.05) is 12.1 Å². The number of aromatic amines is 1. The molecule has 0 spiro atoms. The number of nitrogens with zero attached hydrogens (tertiary/aromatic N) is 2. The minimum absolute atomic E-state index is 0.243. The Kier molecular flexibility index (Phi) is 4.22. The second-order valence-corrected chi connectivity index (χ2v) is 4.92. The predicted molar refractivity (Wildman–Crippen MR) is 79.9 cm³/mol. The number of rotatable bonds is 4. The van der Waals surface area contributed by atoms with Gasteiger partial charge in [0.25, 0.3) is 0 Å². The van der Waals surface area contributed by atoms with E-state index in [-0.39, 0.29) is 12.4 Å². The number of hydrogen-bond acceptors (Lipinski definition) is 4. The maximum absolute atomic E-state index is 12.2. The van der Waals surface area contributed by atoms with Crippen LogP contribution in [0.15, 0.2) is 48.5 Å². The van der Waals surface area contributed by atoms with Crippen LogP contribution in [0.1, 0.15) is 5.82 Å². The summed E-state index contributed by atoms with van der Waals surface area (Å²) in [5.41, 5.74) is 2.24. The van der Waals surface area contributed by atoms with Gasteiger partial charge in [-0.15, -0.1) is 13.2 Å². The molecule has 24 heavy (non-hydrogen) atoms. The van der Waals surface area contributed by atoms with Crippen molar-refractivity contribution in [2.45, 2.75) is 13.0 Å². The maximum Gasteiger partial charge on any atom is 0.573 e. The summed E-state index contributed by atoms with van der Waals surface area (Å²) in [5.74, 6) is 0.506. The lowest BCUT2D eigenvalue weighted by Gasteiger charge is -2.09. The third kappa shape index (κ3) is 3.72. The second-order valence-electron chi connectivity index (χ2n) is 4.92. The first-order valence-corrected chi connectivity index (χ1v) is 6.93. The van der Waals surface area contributed by atoms with E-state index in [1.54, 1.807) is 12.1 Å². The molecule has 0 atom stereocenters. The van der Waals surface area contributed by atoms with Crippen molar-refractivity contribution in [1.29, 1.82) is 0 Å². The van der Waals surface area contributed by atoms with Crippen LogP contribution in [-0.2, 0) is 6.61 Å². The Bertz CT molecular complexity index is 829. The topological polar surface area (TPSA) is 71.0 Å². The fourth-order valence-corrected chi connectivity index (χ4v) is 2.18. The van der Waals surface area contributed by atoms with Crippen LogP contribution in [0.3, 0.4) is 0 Å². The van der Waals surface area contributed by atoms with E-state index in [0.717, 1.165) is 16.7 Å². The lowest BCUT2D eigenvalue weighted by Crippen LogP contribution is -2.16. The Labute approximate surface area is 134 Å². The van der Waals surface area contributed by atoms with Gasteiger partial charge in [-0.25, -0.2) is 4.98 Å². The summed E-state index contributed by atoms with van der Waals surface area (Å²) in [6, 6.07) is 12.8. The van der Waals surface area contributed by atoms with Gasteiger partial charge in [0.2, 0.25) is 0 Å². The Morgan fingerprint density at radius 3 is 2.33 bits per heavy atom. The Morgan fingerprint density at radius 1 is 1.00 bits per heavy atom. The molecule has 0 unspecified atom stereocenters. The zero-order valence-corrected chi connectivity index (χ0v) is 12.2. The summed E-state index contributed by atoms with van der Waals surface area (Å²) in [6.45, 7) is -0.243. The first kappa shape index (κ1) is 16.0. The van der Waals surface area contributed by atoms with Crippen LogP contribution in [-0.4, -0.2) is 26.7 Å². The molecule has 0 saturated carbocycles. The third-order valence-electron chi connectivity index (χ3n) is 3.22. The monoisotopic (exact) mass is 335 g/mol. The molecular formula is C16H12F3N3O2. The van der Waals surface area contributed by atoms with Crippen LogP contribution in [0.4, 0.5) is 13.2 Å². The molecule has 5 nitrogen and oxygen atoms in total. The van der Waals surface area contributed by atoms with Crippen LogP contribution in [0.5, 0.6) is 5.75 Å². The normalized spacial score (nSPS) is 11.5. The zero-order valence-electron chi connectivity index (χ0n) is 12.2. The molecule has 0 aliphatic rings. The highest BCUT2D eigenvalue weighted by Crippen LogP contribution is 2.28.